The van der Waals surface area contributed by atoms with E-state index in [0.29, 0.717) is 12.6 Å². The summed E-state index contributed by atoms with van der Waals surface area (Å²) >= 11 is 0. The number of amides is 2. The van der Waals surface area contributed by atoms with Crippen molar-refractivity contribution in [2.45, 2.75) is 52.2 Å². The fraction of sp³-hybridized carbons (Fsp3) is 0.647. The lowest BCUT2D eigenvalue weighted by Gasteiger charge is -2.19. The minimum Gasteiger partial charge on any atom is -0.378 e. The highest BCUT2D eigenvalue weighted by Gasteiger charge is 2.16. The predicted molar refractivity (Wildman–Crippen MR) is 86.8 cm³/mol. The van der Waals surface area contributed by atoms with E-state index in [9.17, 15) is 4.79 Å². The summed E-state index contributed by atoms with van der Waals surface area (Å²) in [6.45, 7) is 6.19. The van der Waals surface area contributed by atoms with Crippen molar-refractivity contribution in [1.82, 2.24) is 15.2 Å². The molecule has 1 fully saturated rings. The van der Waals surface area contributed by atoms with Gasteiger partial charge in [-0.1, -0.05) is 0 Å². The van der Waals surface area contributed by atoms with Gasteiger partial charge < -0.3 is 15.0 Å². The Labute approximate surface area is 133 Å². The zero-order valence-corrected chi connectivity index (χ0v) is 13.9. The van der Waals surface area contributed by atoms with Crippen LogP contribution in [0.15, 0.2) is 12.3 Å². The molecule has 122 valence electrons. The van der Waals surface area contributed by atoms with Gasteiger partial charge in [0.2, 0.25) is 0 Å². The van der Waals surface area contributed by atoms with Gasteiger partial charge in [-0.15, -0.1) is 0 Å². The highest BCUT2D eigenvalue weighted by molar-refractivity contribution is 5.73. The fourth-order valence-electron chi connectivity index (χ4n) is 2.75. The molecule has 1 aliphatic heterocycles. The molecule has 0 aromatic carbocycles. The standard InChI is InChI=1S/C17H27N3O2/c1-13-10-14(2)18-11-15(13)12-19-17(21)20(3)8-4-6-16-7-5-9-22-16/h10-11,16H,4-9,12H2,1-3H3,(H,19,21). The van der Waals surface area contributed by atoms with Crippen molar-refractivity contribution in [1.29, 1.82) is 0 Å². The van der Waals surface area contributed by atoms with Crippen LogP contribution >= 0.6 is 0 Å². The van der Waals surface area contributed by atoms with Crippen molar-refractivity contribution in [2.75, 3.05) is 20.2 Å². The van der Waals surface area contributed by atoms with Crippen molar-refractivity contribution in [2.24, 2.45) is 0 Å². The quantitative estimate of drug-likeness (QED) is 0.879. The maximum atomic E-state index is 12.1. The first-order valence-corrected chi connectivity index (χ1v) is 8.09. The first kappa shape index (κ1) is 16.7. The Balaban J connectivity index is 1.69. The molecular formula is C17H27N3O2. The summed E-state index contributed by atoms with van der Waals surface area (Å²) in [5.41, 5.74) is 3.22. The summed E-state index contributed by atoms with van der Waals surface area (Å²) in [5.74, 6) is 0. The van der Waals surface area contributed by atoms with Crippen LogP contribution in [0.25, 0.3) is 0 Å². The number of rotatable bonds is 6. The molecule has 0 saturated carbocycles. The van der Waals surface area contributed by atoms with E-state index < -0.39 is 0 Å². The number of nitrogens with one attached hydrogen (secondary N) is 1. The molecule has 2 amide bonds. The van der Waals surface area contributed by atoms with Crippen LogP contribution < -0.4 is 5.32 Å². The number of urea groups is 1. The first-order valence-electron chi connectivity index (χ1n) is 8.09. The highest BCUT2D eigenvalue weighted by atomic mass is 16.5. The second kappa shape index (κ2) is 8.13. The maximum absolute atomic E-state index is 12.1. The van der Waals surface area contributed by atoms with Gasteiger partial charge in [0, 0.05) is 38.6 Å². The zero-order chi connectivity index (χ0) is 15.9. The first-order chi connectivity index (χ1) is 10.6. The second-order valence-corrected chi connectivity index (χ2v) is 6.11. The molecule has 2 heterocycles. The molecule has 0 radical (unpaired) electrons. The number of aromatic nitrogens is 1. The van der Waals surface area contributed by atoms with Crippen molar-refractivity contribution in [3.8, 4) is 0 Å². The average molecular weight is 305 g/mol. The molecule has 1 unspecified atom stereocenters. The monoisotopic (exact) mass is 305 g/mol. The van der Waals surface area contributed by atoms with Crippen LogP contribution in [0, 0.1) is 13.8 Å². The topological polar surface area (TPSA) is 54.5 Å². The number of carbonyl (C=O) groups excluding carboxylic acids is 1. The Kier molecular flexibility index (Phi) is 6.19. The van der Waals surface area contributed by atoms with Gasteiger partial charge in [0.25, 0.3) is 0 Å². The molecule has 0 bridgehead atoms. The van der Waals surface area contributed by atoms with Crippen LogP contribution in [0.1, 0.15) is 42.5 Å². The lowest BCUT2D eigenvalue weighted by atomic mass is 10.1. The summed E-state index contributed by atoms with van der Waals surface area (Å²) in [7, 11) is 1.84. The van der Waals surface area contributed by atoms with Crippen LogP contribution in [-0.2, 0) is 11.3 Å². The van der Waals surface area contributed by atoms with Crippen LogP contribution in [0.3, 0.4) is 0 Å². The summed E-state index contributed by atoms with van der Waals surface area (Å²) < 4.78 is 5.60. The Morgan fingerprint density at radius 1 is 1.50 bits per heavy atom. The molecule has 1 aromatic heterocycles. The van der Waals surface area contributed by atoms with E-state index in [4.69, 9.17) is 4.74 Å². The van der Waals surface area contributed by atoms with Crippen LogP contribution in [0.5, 0.6) is 0 Å². The van der Waals surface area contributed by atoms with E-state index in [1.807, 2.05) is 33.2 Å². The molecule has 5 nitrogen and oxygen atoms in total. The second-order valence-electron chi connectivity index (χ2n) is 6.11. The van der Waals surface area contributed by atoms with Crippen molar-refractivity contribution >= 4 is 6.03 Å². The van der Waals surface area contributed by atoms with Gasteiger partial charge >= 0.3 is 6.03 Å². The number of hydrogen-bond donors (Lipinski definition) is 1. The van der Waals surface area contributed by atoms with Gasteiger partial charge in [0.1, 0.15) is 0 Å². The number of aryl methyl sites for hydroxylation is 2. The largest absolute Gasteiger partial charge is 0.378 e. The van der Waals surface area contributed by atoms with E-state index in [1.165, 1.54) is 6.42 Å². The van der Waals surface area contributed by atoms with E-state index >= 15 is 0 Å². The third-order valence-electron chi connectivity index (χ3n) is 4.18. The number of ether oxygens (including phenoxy) is 1. The van der Waals surface area contributed by atoms with Crippen molar-refractivity contribution in [3.63, 3.8) is 0 Å². The predicted octanol–water partition coefficient (Wildman–Crippen LogP) is 2.80. The van der Waals surface area contributed by atoms with E-state index in [0.717, 1.165) is 49.2 Å². The molecule has 1 aromatic rings. The Morgan fingerprint density at radius 2 is 2.32 bits per heavy atom. The molecular weight excluding hydrogens is 278 g/mol. The smallest absolute Gasteiger partial charge is 0.317 e. The van der Waals surface area contributed by atoms with E-state index in [-0.39, 0.29) is 6.03 Å². The summed E-state index contributed by atoms with van der Waals surface area (Å²) in [6, 6.07) is 2.00. The molecule has 1 saturated heterocycles. The Hall–Kier alpha value is -1.62. The van der Waals surface area contributed by atoms with Gasteiger partial charge in [-0.25, -0.2) is 4.79 Å². The average Bonchev–Trinajstić information content (AvgIpc) is 2.99. The third kappa shape index (κ3) is 4.98. The maximum Gasteiger partial charge on any atom is 0.317 e. The number of carbonyl (C=O) groups is 1. The van der Waals surface area contributed by atoms with E-state index in [1.54, 1.807) is 4.90 Å². The van der Waals surface area contributed by atoms with Gasteiger partial charge in [-0.2, -0.15) is 0 Å². The third-order valence-corrected chi connectivity index (χ3v) is 4.18. The molecule has 1 aliphatic rings. The SMILES string of the molecule is Cc1cc(C)c(CNC(=O)N(C)CCCC2CCCO2)cn1. The molecule has 2 rings (SSSR count). The highest BCUT2D eigenvalue weighted by Crippen LogP contribution is 2.16. The normalized spacial score (nSPS) is 17.5. The van der Waals surface area contributed by atoms with Gasteiger partial charge in [-0.3, -0.25) is 4.98 Å². The van der Waals surface area contributed by atoms with Crippen LogP contribution in [0.2, 0.25) is 0 Å². The molecule has 1 N–H and O–H groups in total. The van der Waals surface area contributed by atoms with Gasteiger partial charge in [-0.05, 0) is 56.7 Å². The Morgan fingerprint density at radius 3 is 3.00 bits per heavy atom. The number of hydrogen-bond acceptors (Lipinski definition) is 3. The number of pyridine rings is 1. The summed E-state index contributed by atoms with van der Waals surface area (Å²) in [4.78, 5) is 18.1. The van der Waals surface area contributed by atoms with Gasteiger partial charge in [0.15, 0.2) is 0 Å². The van der Waals surface area contributed by atoms with Crippen molar-refractivity contribution < 1.29 is 9.53 Å². The summed E-state index contributed by atoms with van der Waals surface area (Å²) in [5, 5.41) is 2.95. The molecule has 22 heavy (non-hydrogen) atoms. The van der Waals surface area contributed by atoms with Gasteiger partial charge in [0.05, 0.1) is 6.10 Å². The minimum absolute atomic E-state index is 0.0349. The number of nitrogens with zero attached hydrogens (tertiary/aromatic N) is 2. The fourth-order valence-corrected chi connectivity index (χ4v) is 2.75. The van der Waals surface area contributed by atoms with Crippen LogP contribution in [0.4, 0.5) is 4.79 Å². The minimum atomic E-state index is -0.0349. The summed E-state index contributed by atoms with van der Waals surface area (Å²) in [6.07, 6.45) is 6.60. The molecule has 5 heteroatoms. The Bertz CT molecular complexity index is 499. The van der Waals surface area contributed by atoms with E-state index in [2.05, 4.69) is 10.3 Å². The lowest BCUT2D eigenvalue weighted by Crippen LogP contribution is -2.37. The van der Waals surface area contributed by atoms with Crippen molar-refractivity contribution in [3.05, 3.63) is 29.1 Å². The van der Waals surface area contributed by atoms with Crippen LogP contribution in [-0.4, -0.2) is 42.2 Å². The zero-order valence-electron chi connectivity index (χ0n) is 13.9. The lowest BCUT2D eigenvalue weighted by molar-refractivity contribution is 0.100. The molecule has 1 atom stereocenters. The molecule has 0 aliphatic carbocycles. The molecule has 0 spiro atoms.